The van der Waals surface area contributed by atoms with E-state index in [9.17, 15) is 9.59 Å². The zero-order valence-electron chi connectivity index (χ0n) is 12.8. The first-order valence-electron chi connectivity index (χ1n) is 7.27. The number of amides is 2. The lowest BCUT2D eigenvalue weighted by atomic mass is 10.2. The molecule has 1 N–H and O–H groups in total. The Morgan fingerprint density at radius 1 is 1.52 bits per heavy atom. The Morgan fingerprint density at radius 2 is 2.29 bits per heavy atom. The molecule has 0 aromatic carbocycles. The molecule has 0 spiro atoms. The summed E-state index contributed by atoms with van der Waals surface area (Å²) >= 11 is 0. The van der Waals surface area contributed by atoms with Gasteiger partial charge in [-0.05, 0) is 25.5 Å². The van der Waals surface area contributed by atoms with E-state index in [0.717, 1.165) is 6.42 Å². The number of pyridine rings is 1. The summed E-state index contributed by atoms with van der Waals surface area (Å²) in [5.74, 6) is 0.740. The second-order valence-corrected chi connectivity index (χ2v) is 5.18. The van der Waals surface area contributed by atoms with Crippen molar-refractivity contribution in [3.63, 3.8) is 0 Å². The maximum Gasteiger partial charge on any atom is 0.254 e. The normalized spacial score (nSPS) is 17.7. The summed E-state index contributed by atoms with van der Waals surface area (Å²) in [6, 6.07) is 3.60. The summed E-state index contributed by atoms with van der Waals surface area (Å²) < 4.78 is 0. The third-order valence-electron chi connectivity index (χ3n) is 3.90. The monoisotopic (exact) mass is 290 g/mol. The van der Waals surface area contributed by atoms with Crippen molar-refractivity contribution in [2.24, 2.45) is 0 Å². The lowest BCUT2D eigenvalue weighted by Gasteiger charge is -2.26. The number of carbonyl (C=O) groups excluding carboxylic acids is 2. The number of nitrogens with zero attached hydrogens (tertiary/aromatic N) is 3. The number of hydrogen-bond acceptors (Lipinski definition) is 4. The third kappa shape index (κ3) is 3.32. The van der Waals surface area contributed by atoms with E-state index in [4.69, 9.17) is 0 Å². The van der Waals surface area contributed by atoms with Gasteiger partial charge >= 0.3 is 0 Å². The van der Waals surface area contributed by atoms with Crippen LogP contribution in [0.3, 0.4) is 0 Å². The van der Waals surface area contributed by atoms with Crippen LogP contribution in [0.5, 0.6) is 0 Å². The molecule has 0 unspecified atom stereocenters. The molecule has 1 fully saturated rings. The Hall–Kier alpha value is -2.11. The van der Waals surface area contributed by atoms with Crippen LogP contribution in [0.1, 0.15) is 30.6 Å². The first-order chi connectivity index (χ1) is 10.1. The van der Waals surface area contributed by atoms with Crippen molar-refractivity contribution in [1.29, 1.82) is 0 Å². The van der Waals surface area contributed by atoms with Crippen molar-refractivity contribution < 1.29 is 9.59 Å². The van der Waals surface area contributed by atoms with Crippen molar-refractivity contribution in [3.05, 3.63) is 23.9 Å². The van der Waals surface area contributed by atoms with Crippen molar-refractivity contribution >= 4 is 17.6 Å². The molecular weight excluding hydrogens is 268 g/mol. The third-order valence-corrected chi connectivity index (χ3v) is 3.90. The zero-order valence-corrected chi connectivity index (χ0v) is 12.8. The van der Waals surface area contributed by atoms with Crippen LogP contribution in [0.4, 0.5) is 5.82 Å². The number of hydrogen-bond donors (Lipinski definition) is 1. The van der Waals surface area contributed by atoms with Crippen molar-refractivity contribution in [2.75, 3.05) is 32.0 Å². The number of aromatic nitrogens is 1. The highest BCUT2D eigenvalue weighted by atomic mass is 16.2. The van der Waals surface area contributed by atoms with Gasteiger partial charge in [-0.1, -0.05) is 0 Å². The highest BCUT2D eigenvalue weighted by molar-refractivity contribution is 5.95. The standard InChI is InChI=1S/C15H22N4O2/c1-4-19(11(2)20)13-6-8-18(10-13)15(21)12-5-7-17-14(9-12)16-3/h5,7,9,13H,4,6,8,10H2,1-3H3,(H,16,17)/t13-/m0/s1. The molecule has 0 radical (unpaired) electrons. The lowest BCUT2D eigenvalue weighted by molar-refractivity contribution is -0.130. The minimum absolute atomic E-state index is 0.00370. The summed E-state index contributed by atoms with van der Waals surface area (Å²) in [6.45, 7) is 5.51. The van der Waals surface area contributed by atoms with Gasteiger partial charge in [0.1, 0.15) is 5.82 Å². The Morgan fingerprint density at radius 3 is 2.90 bits per heavy atom. The maximum absolute atomic E-state index is 12.5. The SMILES string of the molecule is CCN(C(C)=O)[C@H]1CCN(C(=O)c2ccnc(NC)c2)C1. The van der Waals surface area contributed by atoms with E-state index in [2.05, 4.69) is 10.3 Å². The van der Waals surface area contributed by atoms with Crippen LogP contribution in [0, 0.1) is 0 Å². The minimum Gasteiger partial charge on any atom is -0.373 e. The quantitative estimate of drug-likeness (QED) is 0.905. The molecule has 1 aliphatic rings. The molecule has 0 saturated carbocycles. The van der Waals surface area contributed by atoms with Gasteiger partial charge in [-0.25, -0.2) is 4.98 Å². The van der Waals surface area contributed by atoms with E-state index in [-0.39, 0.29) is 17.9 Å². The number of carbonyl (C=O) groups is 2. The van der Waals surface area contributed by atoms with Crippen molar-refractivity contribution in [3.8, 4) is 0 Å². The molecular formula is C15H22N4O2. The van der Waals surface area contributed by atoms with E-state index in [1.165, 1.54) is 0 Å². The van der Waals surface area contributed by atoms with Crippen LogP contribution >= 0.6 is 0 Å². The first kappa shape index (κ1) is 15.3. The van der Waals surface area contributed by atoms with Gasteiger partial charge in [0.05, 0.1) is 6.04 Å². The predicted octanol–water partition coefficient (Wildman–Crippen LogP) is 1.21. The van der Waals surface area contributed by atoms with E-state index >= 15 is 0 Å². The fourth-order valence-electron chi connectivity index (χ4n) is 2.80. The van der Waals surface area contributed by atoms with Gasteiger partial charge in [-0.2, -0.15) is 0 Å². The molecule has 114 valence electrons. The van der Waals surface area contributed by atoms with Crippen molar-refractivity contribution in [2.45, 2.75) is 26.3 Å². The largest absolute Gasteiger partial charge is 0.373 e. The fraction of sp³-hybridized carbons (Fsp3) is 0.533. The second kappa shape index (κ2) is 6.56. The molecule has 6 nitrogen and oxygen atoms in total. The molecule has 0 bridgehead atoms. The maximum atomic E-state index is 12.5. The first-order valence-corrected chi connectivity index (χ1v) is 7.27. The minimum atomic E-state index is -0.00370. The number of nitrogens with one attached hydrogen (secondary N) is 1. The second-order valence-electron chi connectivity index (χ2n) is 5.18. The molecule has 1 atom stereocenters. The molecule has 6 heteroatoms. The molecule has 1 aliphatic heterocycles. The van der Waals surface area contributed by atoms with E-state index < -0.39 is 0 Å². The van der Waals surface area contributed by atoms with Crippen LogP contribution < -0.4 is 5.32 Å². The summed E-state index contributed by atoms with van der Waals surface area (Å²) in [4.78, 5) is 31.9. The summed E-state index contributed by atoms with van der Waals surface area (Å²) in [6.07, 6.45) is 2.46. The van der Waals surface area contributed by atoms with Gasteiger partial charge in [-0.15, -0.1) is 0 Å². The summed E-state index contributed by atoms with van der Waals surface area (Å²) in [5, 5.41) is 2.93. The average Bonchev–Trinajstić information content (AvgIpc) is 2.96. The topological polar surface area (TPSA) is 65.5 Å². The Bertz CT molecular complexity index is 532. The molecule has 2 rings (SSSR count). The molecule has 2 amide bonds. The number of anilines is 1. The van der Waals surface area contributed by atoms with Crippen LogP contribution in [0.25, 0.3) is 0 Å². The molecule has 1 aromatic rings. The highest BCUT2D eigenvalue weighted by Crippen LogP contribution is 2.19. The Balaban J connectivity index is 2.06. The lowest BCUT2D eigenvalue weighted by Crippen LogP contribution is -2.41. The number of likely N-dealkylation sites (N-methyl/N-ethyl adjacent to an activating group) is 1. The van der Waals surface area contributed by atoms with E-state index in [1.807, 2.05) is 16.7 Å². The molecule has 2 heterocycles. The van der Waals surface area contributed by atoms with Gasteiger partial charge in [0.25, 0.3) is 5.91 Å². The van der Waals surface area contributed by atoms with E-state index in [1.54, 1.807) is 32.3 Å². The van der Waals surface area contributed by atoms with Gasteiger partial charge in [0.15, 0.2) is 0 Å². The fourth-order valence-corrected chi connectivity index (χ4v) is 2.80. The van der Waals surface area contributed by atoms with Crippen LogP contribution in [-0.2, 0) is 4.79 Å². The van der Waals surface area contributed by atoms with E-state index in [0.29, 0.717) is 31.0 Å². The van der Waals surface area contributed by atoms with Crippen LogP contribution in [-0.4, -0.2) is 59.3 Å². The van der Waals surface area contributed by atoms with Gasteiger partial charge < -0.3 is 15.1 Å². The van der Waals surface area contributed by atoms with Crippen LogP contribution in [0.2, 0.25) is 0 Å². The van der Waals surface area contributed by atoms with Crippen molar-refractivity contribution in [1.82, 2.24) is 14.8 Å². The molecule has 1 saturated heterocycles. The molecule has 21 heavy (non-hydrogen) atoms. The van der Waals surface area contributed by atoms with Gasteiger partial charge in [0.2, 0.25) is 5.91 Å². The summed E-state index contributed by atoms with van der Waals surface area (Å²) in [7, 11) is 1.77. The Kier molecular flexibility index (Phi) is 4.77. The predicted molar refractivity (Wildman–Crippen MR) is 81.2 cm³/mol. The number of rotatable bonds is 4. The average molecular weight is 290 g/mol. The van der Waals surface area contributed by atoms with Crippen LogP contribution in [0.15, 0.2) is 18.3 Å². The molecule has 0 aliphatic carbocycles. The van der Waals surface area contributed by atoms with Gasteiger partial charge in [0, 0.05) is 45.4 Å². The number of likely N-dealkylation sites (tertiary alicyclic amines) is 1. The highest BCUT2D eigenvalue weighted by Gasteiger charge is 2.31. The zero-order chi connectivity index (χ0) is 15.4. The molecule has 1 aromatic heterocycles. The van der Waals surface area contributed by atoms with Gasteiger partial charge in [-0.3, -0.25) is 9.59 Å². The summed E-state index contributed by atoms with van der Waals surface area (Å²) in [5.41, 5.74) is 0.626. The smallest absolute Gasteiger partial charge is 0.254 e. The Labute approximate surface area is 125 Å².